The fourth-order valence-electron chi connectivity index (χ4n) is 2.25. The van der Waals surface area contributed by atoms with Crippen molar-refractivity contribution in [2.45, 2.75) is 20.0 Å². The zero-order valence-corrected chi connectivity index (χ0v) is 16.3. The van der Waals surface area contributed by atoms with Crippen LogP contribution < -0.4 is 0 Å². The SMILES string of the molecule is CC(C)OC(=O)c1cccc(N=C2S/C(=C/c3cccs3)C(=O)N2C)c1. The minimum atomic E-state index is -0.385. The van der Waals surface area contributed by atoms with Crippen molar-refractivity contribution in [1.82, 2.24) is 4.90 Å². The molecule has 1 aliphatic heterocycles. The third-order valence-electron chi connectivity index (χ3n) is 3.47. The van der Waals surface area contributed by atoms with Crippen LogP contribution in [0.3, 0.4) is 0 Å². The first-order valence-corrected chi connectivity index (χ1v) is 9.74. The summed E-state index contributed by atoms with van der Waals surface area (Å²) in [5.41, 5.74) is 1.04. The van der Waals surface area contributed by atoms with Gasteiger partial charge in [-0.15, -0.1) is 11.3 Å². The Kier molecular flexibility index (Phi) is 5.58. The highest BCUT2D eigenvalue weighted by Crippen LogP contribution is 2.33. The molecule has 0 N–H and O–H groups in total. The van der Waals surface area contributed by atoms with Gasteiger partial charge in [-0.05, 0) is 61.3 Å². The average molecular weight is 386 g/mol. The Morgan fingerprint density at radius 3 is 2.77 bits per heavy atom. The number of benzene rings is 1. The third kappa shape index (κ3) is 4.23. The molecule has 7 heteroatoms. The number of rotatable bonds is 4. The van der Waals surface area contributed by atoms with Crippen molar-refractivity contribution in [2.24, 2.45) is 4.99 Å². The topological polar surface area (TPSA) is 59.0 Å². The molecule has 1 aromatic heterocycles. The van der Waals surface area contributed by atoms with Crippen LogP contribution in [0, 0.1) is 0 Å². The number of hydrogen-bond donors (Lipinski definition) is 0. The second-order valence-corrected chi connectivity index (χ2v) is 7.88. The van der Waals surface area contributed by atoms with Gasteiger partial charge in [0.1, 0.15) is 0 Å². The average Bonchev–Trinajstić information content (AvgIpc) is 3.20. The number of aliphatic imine (C=N–C) groups is 1. The maximum Gasteiger partial charge on any atom is 0.338 e. The maximum absolute atomic E-state index is 12.4. The van der Waals surface area contributed by atoms with Gasteiger partial charge in [0.05, 0.1) is 22.3 Å². The number of ether oxygens (including phenoxy) is 1. The number of amidine groups is 1. The number of thiophene rings is 1. The first kappa shape index (κ1) is 18.4. The van der Waals surface area contributed by atoms with Gasteiger partial charge in [0.2, 0.25) is 0 Å². The van der Waals surface area contributed by atoms with Crippen LogP contribution in [0.5, 0.6) is 0 Å². The fraction of sp³-hybridized carbons (Fsp3) is 0.211. The van der Waals surface area contributed by atoms with E-state index < -0.39 is 0 Å². The smallest absolute Gasteiger partial charge is 0.338 e. The molecule has 0 atom stereocenters. The molecule has 134 valence electrons. The molecule has 3 rings (SSSR count). The van der Waals surface area contributed by atoms with Crippen LogP contribution >= 0.6 is 23.1 Å². The molecule has 2 heterocycles. The molecule has 0 unspecified atom stereocenters. The van der Waals surface area contributed by atoms with Crippen molar-refractivity contribution in [2.75, 3.05) is 7.05 Å². The Hall–Kier alpha value is -2.38. The van der Waals surface area contributed by atoms with E-state index in [0.717, 1.165) is 4.88 Å². The van der Waals surface area contributed by atoms with E-state index in [4.69, 9.17) is 4.74 Å². The van der Waals surface area contributed by atoms with E-state index in [9.17, 15) is 9.59 Å². The van der Waals surface area contributed by atoms with Gasteiger partial charge in [-0.2, -0.15) is 0 Å². The number of esters is 1. The standard InChI is InChI=1S/C19H18N2O3S2/c1-12(2)24-18(23)13-6-4-7-14(10-13)20-19-21(3)17(22)16(26-19)11-15-8-5-9-25-15/h4-12H,1-3H3/b16-11+,20-19?. The van der Waals surface area contributed by atoms with Gasteiger partial charge in [-0.25, -0.2) is 9.79 Å². The monoisotopic (exact) mass is 386 g/mol. The number of likely N-dealkylation sites (N-methyl/N-ethyl adjacent to an activating group) is 1. The minimum absolute atomic E-state index is 0.0856. The zero-order valence-electron chi connectivity index (χ0n) is 14.6. The highest BCUT2D eigenvalue weighted by Gasteiger charge is 2.30. The molecule has 0 spiro atoms. The van der Waals surface area contributed by atoms with E-state index in [2.05, 4.69) is 4.99 Å². The van der Waals surface area contributed by atoms with Crippen molar-refractivity contribution < 1.29 is 14.3 Å². The van der Waals surface area contributed by atoms with Gasteiger partial charge >= 0.3 is 5.97 Å². The summed E-state index contributed by atoms with van der Waals surface area (Å²) in [5.74, 6) is -0.471. The predicted octanol–water partition coefficient (Wildman–Crippen LogP) is 4.55. The molecule has 0 bridgehead atoms. The lowest BCUT2D eigenvalue weighted by molar-refractivity contribution is -0.121. The summed E-state index contributed by atoms with van der Waals surface area (Å²) in [6.07, 6.45) is 1.68. The van der Waals surface area contributed by atoms with Gasteiger partial charge in [-0.1, -0.05) is 12.1 Å². The lowest BCUT2D eigenvalue weighted by Gasteiger charge is -2.09. The molecule has 0 saturated carbocycles. The van der Waals surface area contributed by atoms with Crippen LogP contribution in [0.15, 0.2) is 51.7 Å². The molecular weight excluding hydrogens is 368 g/mol. The summed E-state index contributed by atoms with van der Waals surface area (Å²) in [5, 5.41) is 2.55. The van der Waals surface area contributed by atoms with Crippen molar-refractivity contribution in [3.05, 3.63) is 57.1 Å². The molecule has 1 aliphatic rings. The molecule has 2 aromatic rings. The summed E-state index contributed by atoms with van der Waals surface area (Å²) in [7, 11) is 1.69. The molecule has 5 nitrogen and oxygen atoms in total. The van der Waals surface area contributed by atoms with Gasteiger partial charge < -0.3 is 4.74 Å². The second kappa shape index (κ2) is 7.88. The maximum atomic E-state index is 12.4. The largest absolute Gasteiger partial charge is 0.459 e. The first-order valence-electron chi connectivity index (χ1n) is 8.05. The summed E-state index contributed by atoms with van der Waals surface area (Å²) < 4.78 is 5.21. The second-order valence-electron chi connectivity index (χ2n) is 5.89. The Balaban J connectivity index is 1.84. The van der Waals surface area contributed by atoms with Crippen molar-refractivity contribution in [3.63, 3.8) is 0 Å². The number of carbonyl (C=O) groups excluding carboxylic acids is 2. The van der Waals surface area contributed by atoms with E-state index >= 15 is 0 Å². The fourth-order valence-corrected chi connectivity index (χ4v) is 3.96. The van der Waals surface area contributed by atoms with Crippen LogP contribution in [0.2, 0.25) is 0 Å². The zero-order chi connectivity index (χ0) is 18.7. The molecule has 26 heavy (non-hydrogen) atoms. The Bertz CT molecular complexity index is 886. The van der Waals surface area contributed by atoms with Crippen LogP contribution in [0.25, 0.3) is 6.08 Å². The quantitative estimate of drug-likeness (QED) is 0.571. The number of thioether (sulfide) groups is 1. The van der Waals surface area contributed by atoms with E-state index in [1.165, 1.54) is 16.7 Å². The molecule has 1 aromatic carbocycles. The summed E-state index contributed by atoms with van der Waals surface area (Å²) >= 11 is 2.90. The minimum Gasteiger partial charge on any atom is -0.459 e. The van der Waals surface area contributed by atoms with E-state index in [0.29, 0.717) is 21.3 Å². The third-order valence-corrected chi connectivity index (χ3v) is 5.35. The van der Waals surface area contributed by atoms with Crippen molar-refractivity contribution in [3.8, 4) is 0 Å². The van der Waals surface area contributed by atoms with Crippen LogP contribution in [-0.4, -0.2) is 35.1 Å². The lowest BCUT2D eigenvalue weighted by atomic mass is 10.2. The molecule has 1 fully saturated rings. The van der Waals surface area contributed by atoms with Gasteiger partial charge in [0.25, 0.3) is 5.91 Å². The van der Waals surface area contributed by atoms with E-state index in [1.807, 2.05) is 23.6 Å². The number of hydrogen-bond acceptors (Lipinski definition) is 6. The normalized spacial score (nSPS) is 17.5. The van der Waals surface area contributed by atoms with Crippen molar-refractivity contribution in [1.29, 1.82) is 0 Å². The summed E-state index contributed by atoms with van der Waals surface area (Å²) in [4.78, 5) is 32.2. The van der Waals surface area contributed by atoms with Gasteiger partial charge in [0.15, 0.2) is 5.17 Å². The molecule has 0 radical (unpaired) electrons. The molecular formula is C19H18N2O3S2. The Morgan fingerprint density at radius 1 is 1.27 bits per heavy atom. The molecule has 1 saturated heterocycles. The number of nitrogens with zero attached hydrogens (tertiary/aromatic N) is 2. The summed E-state index contributed by atoms with van der Waals surface area (Å²) in [6.45, 7) is 3.61. The molecule has 1 amide bonds. The van der Waals surface area contributed by atoms with Crippen LogP contribution in [0.1, 0.15) is 29.1 Å². The van der Waals surface area contributed by atoms with Crippen molar-refractivity contribution >= 4 is 51.9 Å². The number of carbonyl (C=O) groups is 2. The predicted molar refractivity (Wildman–Crippen MR) is 107 cm³/mol. The van der Waals surface area contributed by atoms with Gasteiger partial charge in [0, 0.05) is 11.9 Å². The highest BCUT2D eigenvalue weighted by atomic mass is 32.2. The van der Waals surface area contributed by atoms with E-state index in [1.54, 1.807) is 56.5 Å². The first-order chi connectivity index (χ1) is 12.4. The van der Waals surface area contributed by atoms with Gasteiger partial charge in [-0.3, -0.25) is 9.69 Å². The summed E-state index contributed by atoms with van der Waals surface area (Å²) in [6, 6.07) is 10.8. The number of amides is 1. The Morgan fingerprint density at radius 2 is 2.08 bits per heavy atom. The van der Waals surface area contributed by atoms with Crippen LogP contribution in [0.4, 0.5) is 5.69 Å². The Labute approximate surface area is 160 Å². The van der Waals surface area contributed by atoms with Crippen LogP contribution in [-0.2, 0) is 9.53 Å². The highest BCUT2D eigenvalue weighted by molar-refractivity contribution is 8.18. The molecule has 0 aliphatic carbocycles. The lowest BCUT2D eigenvalue weighted by Crippen LogP contribution is -2.23. The van der Waals surface area contributed by atoms with E-state index in [-0.39, 0.29) is 18.0 Å².